The summed E-state index contributed by atoms with van der Waals surface area (Å²) in [7, 11) is 1.96. The Hall–Kier alpha value is -2.70. The molecule has 0 saturated carbocycles. The summed E-state index contributed by atoms with van der Waals surface area (Å²) in [5, 5.41) is 11.3. The maximum atomic E-state index is 6.12. The Morgan fingerprint density at radius 3 is 2.80 bits per heavy atom. The van der Waals surface area contributed by atoms with Crippen LogP contribution in [0.25, 0.3) is 0 Å². The van der Waals surface area contributed by atoms with E-state index in [1.165, 1.54) is 5.69 Å². The van der Waals surface area contributed by atoms with Crippen LogP contribution < -0.4 is 20.3 Å². The molecule has 7 heteroatoms. The lowest BCUT2D eigenvalue weighted by molar-refractivity contribution is 0.129. The van der Waals surface area contributed by atoms with Crippen molar-refractivity contribution in [2.24, 2.45) is 12.0 Å². The molecule has 3 rings (SSSR count). The molecule has 1 aromatic heterocycles. The number of rotatable bonds is 6. The van der Waals surface area contributed by atoms with Crippen molar-refractivity contribution in [3.63, 3.8) is 0 Å². The van der Waals surface area contributed by atoms with Crippen LogP contribution in [-0.4, -0.2) is 47.0 Å². The third kappa shape index (κ3) is 6.40. The van der Waals surface area contributed by atoms with Crippen LogP contribution in [0.15, 0.2) is 41.7 Å². The number of nitrogens with zero attached hydrogens (tertiary/aromatic N) is 4. The molecule has 7 nitrogen and oxygen atoms in total. The molecule has 30 heavy (non-hydrogen) atoms. The molecule has 2 heterocycles. The van der Waals surface area contributed by atoms with Gasteiger partial charge < -0.3 is 20.3 Å². The molecule has 1 aromatic carbocycles. The van der Waals surface area contributed by atoms with Crippen LogP contribution >= 0.6 is 0 Å². The van der Waals surface area contributed by atoms with Crippen LogP contribution in [-0.2, 0) is 13.6 Å². The van der Waals surface area contributed by atoms with Gasteiger partial charge in [0.05, 0.1) is 18.4 Å². The highest BCUT2D eigenvalue weighted by Gasteiger charge is 2.22. The highest BCUT2D eigenvalue weighted by Crippen LogP contribution is 2.24. The number of hydrogen-bond acceptors (Lipinski definition) is 4. The highest BCUT2D eigenvalue weighted by molar-refractivity contribution is 5.80. The van der Waals surface area contributed by atoms with Crippen molar-refractivity contribution in [2.75, 3.05) is 24.5 Å². The quantitative estimate of drug-likeness (QED) is 0.563. The number of aromatic nitrogens is 2. The summed E-state index contributed by atoms with van der Waals surface area (Å²) in [6, 6.07) is 8.49. The van der Waals surface area contributed by atoms with Crippen molar-refractivity contribution in [1.82, 2.24) is 20.4 Å². The Labute approximate surface area is 180 Å². The molecule has 0 spiro atoms. The number of hydrogen-bond donors (Lipinski definition) is 2. The molecule has 0 radical (unpaired) electrons. The number of guanidine groups is 1. The number of nitrogens with one attached hydrogen (secondary N) is 2. The average molecular weight is 413 g/mol. The minimum absolute atomic E-state index is 0.236. The van der Waals surface area contributed by atoms with Crippen molar-refractivity contribution < 1.29 is 4.74 Å². The van der Waals surface area contributed by atoms with Crippen LogP contribution in [0.5, 0.6) is 5.75 Å². The molecule has 1 saturated heterocycles. The van der Waals surface area contributed by atoms with Gasteiger partial charge in [-0.1, -0.05) is 18.2 Å². The molecular formula is C23H36N6O. The third-order valence-electron chi connectivity index (χ3n) is 4.96. The molecule has 1 aliphatic heterocycles. The molecular weight excluding hydrogens is 376 g/mol. The van der Waals surface area contributed by atoms with Gasteiger partial charge in [-0.05, 0) is 46.6 Å². The van der Waals surface area contributed by atoms with Gasteiger partial charge in [0.1, 0.15) is 11.4 Å². The van der Waals surface area contributed by atoms with E-state index in [9.17, 15) is 0 Å². The molecule has 1 aliphatic rings. The predicted octanol–water partition coefficient (Wildman–Crippen LogP) is 3.32. The summed E-state index contributed by atoms with van der Waals surface area (Å²) in [5.74, 6) is 1.74. The van der Waals surface area contributed by atoms with Crippen molar-refractivity contribution in [3.8, 4) is 5.75 Å². The Morgan fingerprint density at radius 2 is 2.10 bits per heavy atom. The molecule has 1 unspecified atom stereocenters. The second-order valence-corrected chi connectivity index (χ2v) is 8.82. The normalized spacial score (nSPS) is 17.7. The van der Waals surface area contributed by atoms with Gasteiger partial charge in [-0.3, -0.25) is 4.68 Å². The van der Waals surface area contributed by atoms with Crippen LogP contribution in [0.1, 0.15) is 46.1 Å². The summed E-state index contributed by atoms with van der Waals surface area (Å²) in [5.41, 5.74) is 2.03. The Balaban J connectivity index is 1.66. The first kappa shape index (κ1) is 22.0. The van der Waals surface area contributed by atoms with Crippen molar-refractivity contribution in [1.29, 1.82) is 0 Å². The van der Waals surface area contributed by atoms with Gasteiger partial charge in [0.15, 0.2) is 5.96 Å². The summed E-state index contributed by atoms with van der Waals surface area (Å²) in [6.45, 7) is 11.7. The standard InChI is InChI=1S/C23H36N6O/c1-6-24-22(25-14-18-10-7-8-12-21(18)30-23(2,3)4)27-19-11-9-13-29(16-19)20-15-26-28(5)17-20/h7-8,10,12,15,17,19H,6,9,11,13-14,16H2,1-5H3,(H2,24,25,27). The molecule has 2 N–H and O–H groups in total. The number of aryl methyl sites for hydroxylation is 1. The van der Waals surface area contributed by atoms with Crippen molar-refractivity contribution in [2.45, 2.75) is 58.7 Å². The summed E-state index contributed by atoms with van der Waals surface area (Å²) < 4.78 is 7.97. The number of anilines is 1. The van der Waals surface area contributed by atoms with Gasteiger partial charge in [0, 0.05) is 44.5 Å². The summed E-state index contributed by atoms with van der Waals surface area (Å²) >= 11 is 0. The van der Waals surface area contributed by atoms with E-state index < -0.39 is 0 Å². The van der Waals surface area contributed by atoms with E-state index >= 15 is 0 Å². The molecule has 2 aromatic rings. The van der Waals surface area contributed by atoms with Gasteiger partial charge >= 0.3 is 0 Å². The molecule has 0 bridgehead atoms. The van der Waals surface area contributed by atoms with Crippen molar-refractivity contribution in [3.05, 3.63) is 42.2 Å². The lowest BCUT2D eigenvalue weighted by atomic mass is 10.1. The van der Waals surface area contributed by atoms with Crippen LogP contribution in [0.3, 0.4) is 0 Å². The summed E-state index contributed by atoms with van der Waals surface area (Å²) in [4.78, 5) is 7.24. The average Bonchev–Trinajstić information content (AvgIpc) is 3.13. The lowest BCUT2D eigenvalue weighted by Crippen LogP contribution is -2.51. The number of para-hydroxylation sites is 1. The molecule has 0 amide bonds. The Bertz CT molecular complexity index is 838. The smallest absolute Gasteiger partial charge is 0.191 e. The van der Waals surface area contributed by atoms with E-state index in [0.717, 1.165) is 49.7 Å². The van der Waals surface area contributed by atoms with Gasteiger partial charge in [-0.25, -0.2) is 4.99 Å². The zero-order chi connectivity index (χ0) is 21.6. The maximum absolute atomic E-state index is 6.12. The van der Waals surface area contributed by atoms with Crippen LogP contribution in [0, 0.1) is 0 Å². The van der Waals surface area contributed by atoms with Crippen molar-refractivity contribution >= 4 is 11.6 Å². The molecule has 0 aliphatic carbocycles. The second-order valence-electron chi connectivity index (χ2n) is 8.82. The van der Waals surface area contributed by atoms with Gasteiger partial charge in [-0.2, -0.15) is 5.10 Å². The van der Waals surface area contributed by atoms with E-state index in [1.54, 1.807) is 0 Å². The summed E-state index contributed by atoms with van der Waals surface area (Å²) in [6.07, 6.45) is 6.29. The van der Waals surface area contributed by atoms with E-state index in [1.807, 2.05) is 36.1 Å². The van der Waals surface area contributed by atoms with Gasteiger partial charge in [0.25, 0.3) is 0 Å². The van der Waals surface area contributed by atoms with E-state index in [-0.39, 0.29) is 5.60 Å². The lowest BCUT2D eigenvalue weighted by Gasteiger charge is -2.34. The predicted molar refractivity (Wildman–Crippen MR) is 123 cm³/mol. The number of benzene rings is 1. The van der Waals surface area contributed by atoms with Crippen LogP contribution in [0.4, 0.5) is 5.69 Å². The molecule has 1 fully saturated rings. The first-order chi connectivity index (χ1) is 14.3. The number of piperidine rings is 1. The van der Waals surface area contributed by atoms with Gasteiger partial charge in [0.2, 0.25) is 0 Å². The highest BCUT2D eigenvalue weighted by atomic mass is 16.5. The fourth-order valence-corrected chi connectivity index (χ4v) is 3.64. The molecule has 1 atom stereocenters. The number of ether oxygens (including phenoxy) is 1. The van der Waals surface area contributed by atoms with E-state index in [0.29, 0.717) is 12.6 Å². The topological polar surface area (TPSA) is 66.7 Å². The SMILES string of the molecule is CCNC(=NCc1ccccc1OC(C)(C)C)NC1CCCN(c2cnn(C)c2)C1. The fraction of sp³-hybridized carbons (Fsp3) is 0.565. The van der Waals surface area contributed by atoms with E-state index in [2.05, 4.69) is 60.6 Å². The zero-order valence-corrected chi connectivity index (χ0v) is 19.0. The maximum Gasteiger partial charge on any atom is 0.191 e. The van der Waals surface area contributed by atoms with Gasteiger partial charge in [-0.15, -0.1) is 0 Å². The number of aliphatic imine (C=N–C) groups is 1. The largest absolute Gasteiger partial charge is 0.488 e. The Kier molecular flexibility index (Phi) is 7.24. The second kappa shape index (κ2) is 9.87. The minimum atomic E-state index is -0.236. The molecule has 164 valence electrons. The monoisotopic (exact) mass is 412 g/mol. The zero-order valence-electron chi connectivity index (χ0n) is 19.0. The fourth-order valence-electron chi connectivity index (χ4n) is 3.64. The van der Waals surface area contributed by atoms with E-state index in [4.69, 9.17) is 9.73 Å². The van der Waals surface area contributed by atoms with Crippen LogP contribution in [0.2, 0.25) is 0 Å². The Morgan fingerprint density at radius 1 is 1.30 bits per heavy atom. The minimum Gasteiger partial charge on any atom is -0.488 e. The first-order valence-corrected chi connectivity index (χ1v) is 10.9. The first-order valence-electron chi connectivity index (χ1n) is 10.9. The third-order valence-corrected chi connectivity index (χ3v) is 4.96.